The summed E-state index contributed by atoms with van der Waals surface area (Å²) >= 11 is 0. The van der Waals surface area contributed by atoms with Crippen molar-refractivity contribution in [2.75, 3.05) is 0 Å². The van der Waals surface area contributed by atoms with Crippen LogP contribution in [0.3, 0.4) is 0 Å². The Kier molecular flexibility index (Phi) is 3.67. The summed E-state index contributed by atoms with van der Waals surface area (Å²) in [6, 6.07) is 9.89. The second-order valence-corrected chi connectivity index (χ2v) is 4.08. The van der Waals surface area contributed by atoms with Gasteiger partial charge in [-0.1, -0.05) is 43.3 Å². The summed E-state index contributed by atoms with van der Waals surface area (Å²) in [7, 11) is 0. The van der Waals surface area contributed by atoms with Gasteiger partial charge in [0.05, 0.1) is 5.41 Å². The number of primary amides is 1. The minimum Gasteiger partial charge on any atom is -0.369 e. The molecule has 1 unspecified atom stereocenters. The monoisotopic (exact) mass is 203 g/mol. The molecule has 2 N–H and O–H groups in total. The van der Waals surface area contributed by atoms with Gasteiger partial charge in [0.25, 0.3) is 0 Å². The first-order chi connectivity index (χ1) is 7.08. The van der Waals surface area contributed by atoms with Crippen LogP contribution < -0.4 is 5.73 Å². The van der Waals surface area contributed by atoms with Crippen LogP contribution in [0.2, 0.25) is 0 Å². The zero-order chi connectivity index (χ0) is 11.3. The molecule has 80 valence electrons. The molecule has 0 aliphatic rings. The number of hydrogen-bond donors (Lipinski definition) is 1. The van der Waals surface area contributed by atoms with E-state index in [0.717, 1.165) is 5.56 Å². The summed E-state index contributed by atoms with van der Waals surface area (Å²) in [5, 5.41) is 0. The molecule has 1 aromatic rings. The minimum atomic E-state index is -0.525. The van der Waals surface area contributed by atoms with E-state index in [1.165, 1.54) is 0 Å². The quantitative estimate of drug-likeness (QED) is 0.733. The Morgan fingerprint density at radius 2 is 2.07 bits per heavy atom. The predicted molar refractivity (Wildman–Crippen MR) is 62.3 cm³/mol. The van der Waals surface area contributed by atoms with E-state index in [2.05, 4.69) is 6.58 Å². The van der Waals surface area contributed by atoms with Crippen molar-refractivity contribution in [2.24, 2.45) is 11.1 Å². The number of allylic oxidation sites excluding steroid dienone is 1. The third kappa shape index (κ3) is 2.94. The average molecular weight is 203 g/mol. The standard InChI is InChI=1S/C13H17NO/c1-3-9-13(2,12(14)15)10-11-7-5-4-6-8-11/h3-8H,1,9-10H2,2H3,(H2,14,15). The van der Waals surface area contributed by atoms with E-state index in [1.54, 1.807) is 6.08 Å². The first-order valence-corrected chi connectivity index (χ1v) is 5.03. The van der Waals surface area contributed by atoms with Gasteiger partial charge in [0.2, 0.25) is 5.91 Å². The molecule has 0 saturated heterocycles. The Hall–Kier alpha value is -1.57. The van der Waals surface area contributed by atoms with Crippen molar-refractivity contribution >= 4 is 5.91 Å². The molecule has 0 heterocycles. The Labute approximate surface area is 90.8 Å². The highest BCUT2D eigenvalue weighted by atomic mass is 16.1. The largest absolute Gasteiger partial charge is 0.369 e. The molecule has 15 heavy (non-hydrogen) atoms. The van der Waals surface area contributed by atoms with Gasteiger partial charge < -0.3 is 5.73 Å². The van der Waals surface area contributed by atoms with Crippen LogP contribution in [-0.4, -0.2) is 5.91 Å². The second-order valence-electron chi connectivity index (χ2n) is 4.08. The molecule has 0 aromatic heterocycles. The number of carbonyl (C=O) groups is 1. The molecule has 0 fully saturated rings. The van der Waals surface area contributed by atoms with Gasteiger partial charge in [-0.15, -0.1) is 6.58 Å². The molecule has 1 amide bonds. The summed E-state index contributed by atoms with van der Waals surface area (Å²) in [6.45, 7) is 5.54. The Morgan fingerprint density at radius 1 is 1.47 bits per heavy atom. The van der Waals surface area contributed by atoms with E-state index in [4.69, 9.17) is 5.73 Å². The summed E-state index contributed by atoms with van der Waals surface area (Å²) in [5.74, 6) is -0.272. The number of hydrogen-bond acceptors (Lipinski definition) is 1. The van der Waals surface area contributed by atoms with Crippen LogP contribution in [0.4, 0.5) is 0 Å². The number of nitrogens with two attached hydrogens (primary N) is 1. The van der Waals surface area contributed by atoms with E-state index in [0.29, 0.717) is 12.8 Å². The summed E-state index contributed by atoms with van der Waals surface area (Å²) in [6.07, 6.45) is 3.01. The zero-order valence-corrected chi connectivity index (χ0v) is 9.07. The predicted octanol–water partition coefficient (Wildman–Crippen LogP) is 2.30. The van der Waals surface area contributed by atoms with Gasteiger partial charge in [-0.25, -0.2) is 0 Å². The first kappa shape index (κ1) is 11.5. The Balaban J connectivity index is 2.84. The second kappa shape index (κ2) is 4.78. The first-order valence-electron chi connectivity index (χ1n) is 5.03. The van der Waals surface area contributed by atoms with Gasteiger partial charge in [-0.2, -0.15) is 0 Å². The maximum Gasteiger partial charge on any atom is 0.224 e. The molecule has 2 heteroatoms. The van der Waals surface area contributed by atoms with Crippen molar-refractivity contribution in [3.8, 4) is 0 Å². The summed E-state index contributed by atoms with van der Waals surface area (Å²) < 4.78 is 0. The molecular formula is C13H17NO. The Morgan fingerprint density at radius 3 is 2.53 bits per heavy atom. The number of rotatable bonds is 5. The third-order valence-electron chi connectivity index (χ3n) is 2.63. The minimum absolute atomic E-state index is 0.272. The fourth-order valence-corrected chi connectivity index (χ4v) is 1.62. The highest BCUT2D eigenvalue weighted by Crippen LogP contribution is 2.26. The molecular weight excluding hydrogens is 186 g/mol. The zero-order valence-electron chi connectivity index (χ0n) is 9.07. The topological polar surface area (TPSA) is 43.1 Å². The van der Waals surface area contributed by atoms with E-state index < -0.39 is 5.41 Å². The third-order valence-corrected chi connectivity index (χ3v) is 2.63. The van der Waals surface area contributed by atoms with Crippen molar-refractivity contribution in [1.82, 2.24) is 0 Å². The van der Waals surface area contributed by atoms with Gasteiger partial charge in [-0.05, 0) is 18.4 Å². The van der Waals surface area contributed by atoms with E-state index >= 15 is 0 Å². The van der Waals surface area contributed by atoms with Crippen molar-refractivity contribution in [2.45, 2.75) is 19.8 Å². The maximum atomic E-state index is 11.4. The lowest BCUT2D eigenvalue weighted by Crippen LogP contribution is -2.35. The van der Waals surface area contributed by atoms with Gasteiger partial charge in [0, 0.05) is 0 Å². The van der Waals surface area contributed by atoms with Crippen LogP contribution in [-0.2, 0) is 11.2 Å². The van der Waals surface area contributed by atoms with E-state index in [1.807, 2.05) is 37.3 Å². The van der Waals surface area contributed by atoms with Gasteiger partial charge in [0.15, 0.2) is 0 Å². The SMILES string of the molecule is C=CCC(C)(Cc1ccccc1)C(N)=O. The fraction of sp³-hybridized carbons (Fsp3) is 0.308. The molecule has 1 rings (SSSR count). The molecule has 0 radical (unpaired) electrons. The molecule has 0 bridgehead atoms. The lowest BCUT2D eigenvalue weighted by molar-refractivity contribution is -0.126. The summed E-state index contributed by atoms with van der Waals surface area (Å²) in [4.78, 5) is 11.4. The molecule has 0 aliphatic carbocycles. The van der Waals surface area contributed by atoms with Crippen LogP contribution >= 0.6 is 0 Å². The van der Waals surface area contributed by atoms with Crippen LogP contribution in [0, 0.1) is 5.41 Å². The number of benzene rings is 1. The van der Waals surface area contributed by atoms with Crippen molar-refractivity contribution < 1.29 is 4.79 Å². The molecule has 0 aliphatic heterocycles. The normalized spacial score (nSPS) is 14.2. The molecule has 1 atom stereocenters. The van der Waals surface area contributed by atoms with Crippen LogP contribution in [0.15, 0.2) is 43.0 Å². The lowest BCUT2D eigenvalue weighted by Gasteiger charge is -2.24. The smallest absolute Gasteiger partial charge is 0.224 e. The van der Waals surface area contributed by atoms with Crippen LogP contribution in [0.25, 0.3) is 0 Å². The maximum absolute atomic E-state index is 11.4. The number of carbonyl (C=O) groups excluding carboxylic acids is 1. The van der Waals surface area contributed by atoms with Crippen LogP contribution in [0.1, 0.15) is 18.9 Å². The van der Waals surface area contributed by atoms with E-state index in [9.17, 15) is 4.79 Å². The Bertz CT molecular complexity index is 345. The number of amides is 1. The molecule has 2 nitrogen and oxygen atoms in total. The lowest BCUT2D eigenvalue weighted by atomic mass is 9.80. The highest BCUT2D eigenvalue weighted by Gasteiger charge is 2.29. The van der Waals surface area contributed by atoms with Gasteiger partial charge in [0.1, 0.15) is 0 Å². The molecule has 0 saturated carbocycles. The van der Waals surface area contributed by atoms with Crippen molar-refractivity contribution in [3.05, 3.63) is 48.6 Å². The molecule has 1 aromatic carbocycles. The summed E-state index contributed by atoms with van der Waals surface area (Å²) in [5.41, 5.74) is 6.02. The van der Waals surface area contributed by atoms with Gasteiger partial charge >= 0.3 is 0 Å². The van der Waals surface area contributed by atoms with Crippen LogP contribution in [0.5, 0.6) is 0 Å². The van der Waals surface area contributed by atoms with Crippen molar-refractivity contribution in [3.63, 3.8) is 0 Å². The van der Waals surface area contributed by atoms with Crippen molar-refractivity contribution in [1.29, 1.82) is 0 Å². The van der Waals surface area contributed by atoms with Gasteiger partial charge in [-0.3, -0.25) is 4.79 Å². The average Bonchev–Trinajstić information content (AvgIpc) is 2.19. The molecule has 0 spiro atoms. The highest BCUT2D eigenvalue weighted by molar-refractivity contribution is 5.80. The van der Waals surface area contributed by atoms with E-state index in [-0.39, 0.29) is 5.91 Å². The fourth-order valence-electron chi connectivity index (χ4n) is 1.62.